The highest BCUT2D eigenvalue weighted by Crippen LogP contribution is 2.39. The van der Waals surface area contributed by atoms with Gasteiger partial charge < -0.3 is 0 Å². The molecule has 0 amide bonds. The molecule has 7 heavy (non-hydrogen) atoms. The molecule has 39 valence electrons. The molecule has 0 saturated heterocycles. The Bertz CT molecular complexity index is 78.2. The Morgan fingerprint density at radius 1 is 1.86 bits per heavy atom. The van der Waals surface area contributed by atoms with Crippen molar-refractivity contribution >= 4 is 6.29 Å². The number of hydrogen-bond donors (Lipinski definition) is 0. The Hall–Kier alpha value is -0.330. The first-order chi connectivity index (χ1) is 3.34. The van der Waals surface area contributed by atoms with E-state index in [0.717, 1.165) is 5.92 Å². The first-order valence-corrected chi connectivity index (χ1v) is 2.69. The van der Waals surface area contributed by atoms with Crippen LogP contribution in [0.25, 0.3) is 0 Å². The molecule has 0 aromatic heterocycles. The van der Waals surface area contributed by atoms with E-state index >= 15 is 0 Å². The van der Waals surface area contributed by atoms with Crippen LogP contribution < -0.4 is 0 Å². The summed E-state index contributed by atoms with van der Waals surface area (Å²) in [6, 6.07) is 0. The lowest BCUT2D eigenvalue weighted by molar-refractivity contribution is 0.544. The van der Waals surface area contributed by atoms with Gasteiger partial charge in [0.2, 0.25) is 0 Å². The Kier molecular flexibility index (Phi) is 1.13. The summed E-state index contributed by atoms with van der Waals surface area (Å²) in [5.74, 6) is 1.50. The van der Waals surface area contributed by atoms with Crippen molar-refractivity contribution in [1.82, 2.24) is 0 Å². The van der Waals surface area contributed by atoms with E-state index in [9.17, 15) is 4.79 Å². The van der Waals surface area contributed by atoms with Gasteiger partial charge in [-0.05, 0) is 18.3 Å². The first-order valence-electron chi connectivity index (χ1n) is 2.69. The minimum atomic E-state index is 0.668. The van der Waals surface area contributed by atoms with Gasteiger partial charge in [0.25, 0.3) is 0 Å². The maximum Gasteiger partial charge on any atom is 0.198 e. The molecule has 2 unspecified atom stereocenters. The third-order valence-corrected chi connectivity index (χ3v) is 1.62. The van der Waals surface area contributed by atoms with Gasteiger partial charge in [-0.2, -0.15) is 0 Å². The zero-order valence-electron chi connectivity index (χ0n) is 4.48. The molecule has 1 heteroatoms. The summed E-state index contributed by atoms with van der Waals surface area (Å²) in [6.45, 7) is 2.17. The van der Waals surface area contributed by atoms with Gasteiger partial charge in [0.1, 0.15) is 0 Å². The standard InChI is InChI=1S/C6H9O/c1-5-4-6(5)2-3-7/h5-6H,2,4H2,1H3. The molecule has 1 fully saturated rings. The predicted octanol–water partition coefficient (Wildman–Crippen LogP) is 1.14. The fourth-order valence-electron chi connectivity index (χ4n) is 0.791. The van der Waals surface area contributed by atoms with E-state index in [1.165, 1.54) is 6.42 Å². The molecule has 0 aromatic rings. The summed E-state index contributed by atoms with van der Waals surface area (Å²) in [6.07, 6.45) is 3.82. The smallest absolute Gasteiger partial charge is 0.198 e. The normalized spacial score (nSPS) is 37.9. The highest BCUT2D eigenvalue weighted by Gasteiger charge is 2.31. The minimum Gasteiger partial charge on any atom is -0.291 e. The third kappa shape index (κ3) is 1.02. The molecule has 1 aliphatic rings. The number of rotatable bonds is 2. The first kappa shape index (κ1) is 4.82. The van der Waals surface area contributed by atoms with Crippen LogP contribution in [0.5, 0.6) is 0 Å². The zero-order chi connectivity index (χ0) is 5.28. The van der Waals surface area contributed by atoms with Gasteiger partial charge in [-0.1, -0.05) is 6.92 Å². The molecular weight excluding hydrogens is 88.1 g/mol. The minimum absolute atomic E-state index is 0.668. The van der Waals surface area contributed by atoms with Crippen LogP contribution in [0.4, 0.5) is 0 Å². The maximum absolute atomic E-state index is 9.68. The summed E-state index contributed by atoms with van der Waals surface area (Å²) in [5, 5.41) is 0. The summed E-state index contributed by atoms with van der Waals surface area (Å²) < 4.78 is 0. The summed E-state index contributed by atoms with van der Waals surface area (Å²) in [4.78, 5) is 9.68. The molecule has 1 saturated carbocycles. The van der Waals surface area contributed by atoms with Gasteiger partial charge in [0.15, 0.2) is 6.29 Å². The monoisotopic (exact) mass is 97.1 g/mol. The molecule has 0 aromatic carbocycles. The highest BCUT2D eigenvalue weighted by atomic mass is 16.1. The van der Waals surface area contributed by atoms with E-state index in [0.29, 0.717) is 12.3 Å². The van der Waals surface area contributed by atoms with E-state index in [4.69, 9.17) is 0 Å². The summed E-state index contributed by atoms with van der Waals surface area (Å²) in [7, 11) is 0. The Morgan fingerprint density at radius 3 is 2.57 bits per heavy atom. The van der Waals surface area contributed by atoms with Crippen molar-refractivity contribution in [2.45, 2.75) is 19.8 Å². The van der Waals surface area contributed by atoms with Gasteiger partial charge >= 0.3 is 0 Å². The largest absolute Gasteiger partial charge is 0.291 e. The second-order valence-corrected chi connectivity index (χ2v) is 2.32. The molecule has 0 N–H and O–H groups in total. The van der Waals surface area contributed by atoms with Crippen molar-refractivity contribution in [3.63, 3.8) is 0 Å². The molecule has 1 aliphatic carbocycles. The molecule has 0 aliphatic heterocycles. The van der Waals surface area contributed by atoms with Crippen LogP contribution in [0.1, 0.15) is 19.8 Å². The molecular formula is C6H9O. The highest BCUT2D eigenvalue weighted by molar-refractivity contribution is 5.51. The molecule has 0 bridgehead atoms. The van der Waals surface area contributed by atoms with Crippen molar-refractivity contribution in [2.75, 3.05) is 0 Å². The molecule has 1 radical (unpaired) electrons. The molecule has 1 nitrogen and oxygen atoms in total. The average molecular weight is 97.1 g/mol. The number of hydrogen-bond acceptors (Lipinski definition) is 1. The van der Waals surface area contributed by atoms with Crippen LogP contribution in [-0.4, -0.2) is 6.29 Å². The molecule has 1 rings (SSSR count). The molecule has 2 atom stereocenters. The predicted molar refractivity (Wildman–Crippen MR) is 27.6 cm³/mol. The van der Waals surface area contributed by atoms with Crippen LogP contribution in [0, 0.1) is 11.8 Å². The van der Waals surface area contributed by atoms with E-state index < -0.39 is 0 Å². The lowest BCUT2D eigenvalue weighted by Gasteiger charge is -1.77. The zero-order valence-corrected chi connectivity index (χ0v) is 4.48. The maximum atomic E-state index is 9.68. The Balaban J connectivity index is 2.08. The lowest BCUT2D eigenvalue weighted by atomic mass is 10.3. The second kappa shape index (κ2) is 1.65. The van der Waals surface area contributed by atoms with E-state index in [1.54, 1.807) is 0 Å². The van der Waals surface area contributed by atoms with Gasteiger partial charge in [-0.3, -0.25) is 4.79 Å². The van der Waals surface area contributed by atoms with Crippen molar-refractivity contribution in [1.29, 1.82) is 0 Å². The van der Waals surface area contributed by atoms with Crippen LogP contribution in [-0.2, 0) is 4.79 Å². The third-order valence-electron chi connectivity index (χ3n) is 1.62. The van der Waals surface area contributed by atoms with Crippen LogP contribution in [0.2, 0.25) is 0 Å². The lowest BCUT2D eigenvalue weighted by Crippen LogP contribution is -1.77. The average Bonchev–Trinajstić information content (AvgIpc) is 2.22. The topological polar surface area (TPSA) is 17.1 Å². The van der Waals surface area contributed by atoms with Crippen molar-refractivity contribution in [3.05, 3.63) is 0 Å². The van der Waals surface area contributed by atoms with E-state index in [1.807, 2.05) is 6.29 Å². The van der Waals surface area contributed by atoms with Gasteiger partial charge in [-0.25, -0.2) is 0 Å². The second-order valence-electron chi connectivity index (χ2n) is 2.32. The van der Waals surface area contributed by atoms with Gasteiger partial charge in [0, 0.05) is 6.42 Å². The van der Waals surface area contributed by atoms with Crippen LogP contribution in [0.3, 0.4) is 0 Å². The summed E-state index contributed by atoms with van der Waals surface area (Å²) >= 11 is 0. The number of carbonyl (C=O) groups excluding carboxylic acids is 1. The Labute approximate surface area is 43.7 Å². The van der Waals surface area contributed by atoms with Crippen LogP contribution in [0.15, 0.2) is 0 Å². The fraction of sp³-hybridized carbons (Fsp3) is 0.833. The van der Waals surface area contributed by atoms with E-state index in [2.05, 4.69) is 6.92 Å². The Morgan fingerprint density at radius 2 is 2.43 bits per heavy atom. The quantitative estimate of drug-likeness (QED) is 0.505. The van der Waals surface area contributed by atoms with Crippen LogP contribution >= 0.6 is 0 Å². The van der Waals surface area contributed by atoms with Crippen molar-refractivity contribution in [3.8, 4) is 0 Å². The van der Waals surface area contributed by atoms with Gasteiger partial charge in [0.05, 0.1) is 0 Å². The SMILES string of the molecule is CC1CC1C[C]=O. The fourth-order valence-corrected chi connectivity index (χ4v) is 0.791. The van der Waals surface area contributed by atoms with Gasteiger partial charge in [-0.15, -0.1) is 0 Å². The van der Waals surface area contributed by atoms with E-state index in [-0.39, 0.29) is 0 Å². The van der Waals surface area contributed by atoms with Crippen molar-refractivity contribution in [2.24, 2.45) is 11.8 Å². The molecule has 0 spiro atoms. The summed E-state index contributed by atoms with van der Waals surface area (Å²) in [5.41, 5.74) is 0. The van der Waals surface area contributed by atoms with Crippen molar-refractivity contribution < 1.29 is 4.79 Å². The molecule has 0 heterocycles.